The average Bonchev–Trinajstić information content (AvgIpc) is 2.62. The highest BCUT2D eigenvalue weighted by Crippen LogP contribution is 2.31. The number of fused-ring (bicyclic) bond motifs is 2. The van der Waals surface area contributed by atoms with Gasteiger partial charge in [-0.25, -0.2) is 0 Å². The van der Waals surface area contributed by atoms with Crippen LogP contribution in [0.1, 0.15) is 0 Å². The van der Waals surface area contributed by atoms with Crippen LogP contribution >= 0.6 is 0 Å². The fourth-order valence-electron chi connectivity index (χ4n) is 1.73. The number of pyridine rings is 1. The third-order valence-electron chi connectivity index (χ3n) is 2.56. The van der Waals surface area contributed by atoms with E-state index in [1.54, 1.807) is 0 Å². The summed E-state index contributed by atoms with van der Waals surface area (Å²) in [6.07, 6.45) is 1.89. The molecule has 0 aliphatic carbocycles. The molecule has 4 heteroatoms. The molecule has 0 fully saturated rings. The number of rotatable bonds is 0. The number of anilines is 1. The van der Waals surface area contributed by atoms with Gasteiger partial charge in [0.1, 0.15) is 17.9 Å². The lowest BCUT2D eigenvalue weighted by molar-refractivity contribution is 0.300. The fourth-order valence-corrected chi connectivity index (χ4v) is 1.73. The van der Waals surface area contributed by atoms with Crippen molar-refractivity contribution in [3.63, 3.8) is 0 Å². The van der Waals surface area contributed by atoms with Gasteiger partial charge in [0.25, 0.3) is 0 Å². The third kappa shape index (κ3) is 0.968. The Kier molecular flexibility index (Phi) is 1.45. The lowest BCUT2D eigenvalue weighted by Crippen LogP contribution is -2.29. The Balaban J connectivity index is 2.27. The maximum Gasteiger partial charge on any atom is 0.239 e. The molecule has 1 aliphatic heterocycles. The zero-order valence-corrected chi connectivity index (χ0v) is 7.95. The second-order valence-electron chi connectivity index (χ2n) is 3.50. The van der Waals surface area contributed by atoms with Crippen LogP contribution in [0, 0.1) is 0 Å². The van der Waals surface area contributed by atoms with E-state index >= 15 is 0 Å². The molecule has 0 atom stereocenters. The van der Waals surface area contributed by atoms with E-state index in [1.165, 1.54) is 0 Å². The second-order valence-corrected chi connectivity index (χ2v) is 3.50. The van der Waals surface area contributed by atoms with Crippen molar-refractivity contribution in [2.75, 3.05) is 25.1 Å². The number of nitrogens with one attached hydrogen (secondary N) is 1. The van der Waals surface area contributed by atoms with Gasteiger partial charge in [0.2, 0.25) is 5.88 Å². The van der Waals surface area contributed by atoms with Crippen molar-refractivity contribution in [1.29, 1.82) is 0 Å². The van der Waals surface area contributed by atoms with E-state index in [1.807, 2.05) is 12.3 Å². The predicted molar refractivity (Wildman–Crippen MR) is 54.9 cm³/mol. The van der Waals surface area contributed by atoms with E-state index in [2.05, 4.69) is 28.0 Å². The third-order valence-corrected chi connectivity index (χ3v) is 2.56. The monoisotopic (exact) mass is 189 g/mol. The standard InChI is InChI=1S/C10H11N3O/c1-13-4-5-14-10-8(13)6-7-2-3-11-9(7)12-10/h2-3,6H,4-5H2,1H3,(H,11,12). The molecule has 3 rings (SSSR count). The van der Waals surface area contributed by atoms with Crippen LogP contribution in [0.4, 0.5) is 5.69 Å². The van der Waals surface area contributed by atoms with Crippen molar-refractivity contribution in [2.45, 2.75) is 0 Å². The van der Waals surface area contributed by atoms with Gasteiger partial charge < -0.3 is 14.6 Å². The molecule has 0 aromatic carbocycles. The molecule has 1 aliphatic rings. The van der Waals surface area contributed by atoms with E-state index in [4.69, 9.17) is 4.74 Å². The summed E-state index contributed by atoms with van der Waals surface area (Å²) >= 11 is 0. The molecule has 0 saturated carbocycles. The van der Waals surface area contributed by atoms with Gasteiger partial charge in [0, 0.05) is 18.6 Å². The van der Waals surface area contributed by atoms with E-state index in [9.17, 15) is 0 Å². The zero-order chi connectivity index (χ0) is 9.54. The van der Waals surface area contributed by atoms with Crippen molar-refractivity contribution in [3.8, 4) is 5.88 Å². The minimum Gasteiger partial charge on any atom is -0.474 e. The van der Waals surface area contributed by atoms with Crippen LogP contribution in [0.25, 0.3) is 11.0 Å². The highest BCUT2D eigenvalue weighted by molar-refractivity contribution is 5.81. The number of aromatic amines is 1. The van der Waals surface area contributed by atoms with Crippen molar-refractivity contribution in [2.24, 2.45) is 0 Å². The molecule has 0 bridgehead atoms. The van der Waals surface area contributed by atoms with Crippen LogP contribution in [0.2, 0.25) is 0 Å². The van der Waals surface area contributed by atoms with Crippen LogP contribution in [0.5, 0.6) is 5.88 Å². The summed E-state index contributed by atoms with van der Waals surface area (Å²) in [6.45, 7) is 1.63. The molecule has 0 radical (unpaired) electrons. The molecular formula is C10H11N3O. The highest BCUT2D eigenvalue weighted by Gasteiger charge is 2.17. The molecule has 2 aromatic rings. The van der Waals surface area contributed by atoms with Gasteiger partial charge in [-0.1, -0.05) is 0 Å². The van der Waals surface area contributed by atoms with Crippen molar-refractivity contribution < 1.29 is 4.74 Å². The molecule has 0 spiro atoms. The first-order valence-electron chi connectivity index (χ1n) is 4.67. The van der Waals surface area contributed by atoms with Gasteiger partial charge in [-0.3, -0.25) is 0 Å². The number of ether oxygens (including phenoxy) is 1. The Morgan fingerprint density at radius 1 is 1.57 bits per heavy atom. The topological polar surface area (TPSA) is 41.1 Å². The summed E-state index contributed by atoms with van der Waals surface area (Å²) < 4.78 is 5.50. The largest absolute Gasteiger partial charge is 0.474 e. The maximum atomic E-state index is 5.50. The van der Waals surface area contributed by atoms with Crippen LogP contribution in [-0.4, -0.2) is 30.2 Å². The number of aromatic nitrogens is 2. The van der Waals surface area contributed by atoms with Gasteiger partial charge in [0.05, 0.1) is 6.54 Å². The molecule has 0 unspecified atom stereocenters. The first-order valence-corrected chi connectivity index (χ1v) is 4.67. The maximum absolute atomic E-state index is 5.50. The Morgan fingerprint density at radius 3 is 3.43 bits per heavy atom. The quantitative estimate of drug-likeness (QED) is 0.681. The predicted octanol–water partition coefficient (Wildman–Crippen LogP) is 1.39. The van der Waals surface area contributed by atoms with Gasteiger partial charge in [-0.2, -0.15) is 4.98 Å². The fraction of sp³-hybridized carbons (Fsp3) is 0.300. The summed E-state index contributed by atoms with van der Waals surface area (Å²) in [5.41, 5.74) is 1.96. The van der Waals surface area contributed by atoms with E-state index in [-0.39, 0.29) is 0 Å². The average molecular weight is 189 g/mol. The minimum absolute atomic E-state index is 0.711. The summed E-state index contributed by atoms with van der Waals surface area (Å²) in [5, 5.41) is 1.13. The smallest absolute Gasteiger partial charge is 0.239 e. The molecule has 2 aromatic heterocycles. The lowest BCUT2D eigenvalue weighted by Gasteiger charge is -2.26. The number of nitrogens with zero attached hydrogens (tertiary/aromatic N) is 2. The number of H-pyrrole nitrogens is 1. The van der Waals surface area contributed by atoms with Crippen LogP contribution in [0.3, 0.4) is 0 Å². The molecule has 1 N–H and O–H groups in total. The Morgan fingerprint density at radius 2 is 2.50 bits per heavy atom. The first kappa shape index (κ1) is 7.67. The summed E-state index contributed by atoms with van der Waals surface area (Å²) in [7, 11) is 2.06. The Labute approximate surface area is 81.5 Å². The molecule has 72 valence electrons. The summed E-state index contributed by atoms with van der Waals surface area (Å²) in [5.74, 6) is 0.730. The van der Waals surface area contributed by atoms with Gasteiger partial charge in [-0.05, 0) is 12.1 Å². The second kappa shape index (κ2) is 2.64. The molecule has 14 heavy (non-hydrogen) atoms. The zero-order valence-electron chi connectivity index (χ0n) is 7.95. The summed E-state index contributed by atoms with van der Waals surface area (Å²) in [6, 6.07) is 4.12. The molecule has 0 amide bonds. The number of hydrogen-bond acceptors (Lipinski definition) is 3. The highest BCUT2D eigenvalue weighted by atomic mass is 16.5. The van der Waals surface area contributed by atoms with Crippen LogP contribution < -0.4 is 9.64 Å². The van der Waals surface area contributed by atoms with E-state index in [0.717, 1.165) is 29.1 Å². The Hall–Kier alpha value is -1.71. The van der Waals surface area contributed by atoms with E-state index < -0.39 is 0 Å². The SMILES string of the molecule is CN1CCOc2nc3[nH]ccc3cc21. The van der Waals surface area contributed by atoms with E-state index in [0.29, 0.717) is 6.61 Å². The molecule has 4 nitrogen and oxygen atoms in total. The number of hydrogen-bond donors (Lipinski definition) is 1. The first-order chi connectivity index (χ1) is 6.84. The van der Waals surface area contributed by atoms with Gasteiger partial charge in [0.15, 0.2) is 0 Å². The summed E-state index contributed by atoms with van der Waals surface area (Å²) in [4.78, 5) is 9.65. The molecular weight excluding hydrogens is 178 g/mol. The van der Waals surface area contributed by atoms with Crippen molar-refractivity contribution in [1.82, 2.24) is 9.97 Å². The number of likely N-dealkylation sites (N-methyl/N-ethyl adjacent to an activating group) is 1. The van der Waals surface area contributed by atoms with Crippen molar-refractivity contribution in [3.05, 3.63) is 18.3 Å². The van der Waals surface area contributed by atoms with Gasteiger partial charge in [-0.15, -0.1) is 0 Å². The van der Waals surface area contributed by atoms with Crippen LogP contribution in [0.15, 0.2) is 18.3 Å². The molecule has 0 saturated heterocycles. The Bertz CT molecular complexity index is 477. The minimum atomic E-state index is 0.711. The molecule has 3 heterocycles. The lowest BCUT2D eigenvalue weighted by atomic mass is 10.2. The normalized spacial score (nSPS) is 15.4. The van der Waals surface area contributed by atoms with Crippen LogP contribution in [-0.2, 0) is 0 Å². The van der Waals surface area contributed by atoms with Gasteiger partial charge >= 0.3 is 0 Å². The van der Waals surface area contributed by atoms with Crippen molar-refractivity contribution >= 4 is 16.7 Å².